The molecule has 140 valence electrons. The lowest BCUT2D eigenvalue weighted by Crippen LogP contribution is -2.37. The molecule has 0 radical (unpaired) electrons. The van der Waals surface area contributed by atoms with Crippen LogP contribution in [-0.2, 0) is 21.4 Å². The van der Waals surface area contributed by atoms with Crippen molar-refractivity contribution < 1.29 is 13.2 Å². The Balaban J connectivity index is 1.76. The standard InChI is InChI=1S/C17H28N4O3S/c1-12(15-7-8-15)18-16(22)11-21-14(3)17(13(2)19-21)25(23,24)20-9-5-4-6-10-20/h12,15H,4-11H2,1-3H3,(H,18,22). The molecule has 2 fully saturated rings. The molecule has 1 amide bonds. The number of aryl methyl sites for hydroxylation is 1. The Bertz CT molecular complexity index is 746. The number of carbonyl (C=O) groups is 1. The van der Waals surface area contributed by atoms with Crippen molar-refractivity contribution in [2.45, 2.75) is 70.4 Å². The van der Waals surface area contributed by atoms with E-state index >= 15 is 0 Å². The molecule has 1 aromatic heterocycles. The average Bonchev–Trinajstić information content (AvgIpc) is 3.36. The Morgan fingerprint density at radius 1 is 1.24 bits per heavy atom. The molecular formula is C17H28N4O3S. The summed E-state index contributed by atoms with van der Waals surface area (Å²) in [5, 5.41) is 7.32. The zero-order valence-corrected chi connectivity index (χ0v) is 16.1. The molecule has 1 aromatic rings. The molecule has 1 aliphatic heterocycles. The highest BCUT2D eigenvalue weighted by Crippen LogP contribution is 2.32. The monoisotopic (exact) mass is 368 g/mol. The van der Waals surface area contributed by atoms with Gasteiger partial charge < -0.3 is 5.32 Å². The van der Waals surface area contributed by atoms with E-state index in [4.69, 9.17) is 0 Å². The summed E-state index contributed by atoms with van der Waals surface area (Å²) in [6.45, 7) is 6.62. The maximum Gasteiger partial charge on any atom is 0.246 e. The number of piperidine rings is 1. The van der Waals surface area contributed by atoms with E-state index in [1.54, 1.807) is 18.2 Å². The Hall–Kier alpha value is -1.41. The molecule has 0 spiro atoms. The van der Waals surface area contributed by atoms with Gasteiger partial charge in [-0.05, 0) is 52.4 Å². The lowest BCUT2D eigenvalue weighted by molar-refractivity contribution is -0.122. The van der Waals surface area contributed by atoms with Gasteiger partial charge in [-0.3, -0.25) is 9.48 Å². The first-order valence-electron chi connectivity index (χ1n) is 9.14. The van der Waals surface area contributed by atoms with Crippen molar-refractivity contribution in [3.8, 4) is 0 Å². The van der Waals surface area contributed by atoms with E-state index in [0.29, 0.717) is 30.4 Å². The second kappa shape index (κ2) is 7.07. The molecule has 1 saturated heterocycles. The summed E-state index contributed by atoms with van der Waals surface area (Å²) in [6.07, 6.45) is 5.20. The average molecular weight is 369 g/mol. The number of nitrogens with one attached hydrogen (secondary N) is 1. The van der Waals surface area contributed by atoms with Crippen LogP contribution in [0.3, 0.4) is 0 Å². The molecular weight excluding hydrogens is 340 g/mol. The van der Waals surface area contributed by atoms with Gasteiger partial charge in [-0.15, -0.1) is 0 Å². The van der Waals surface area contributed by atoms with Crippen LogP contribution in [-0.4, -0.2) is 47.5 Å². The lowest BCUT2D eigenvalue weighted by Gasteiger charge is -2.26. The summed E-state index contributed by atoms with van der Waals surface area (Å²) in [5.41, 5.74) is 1.00. The third kappa shape index (κ3) is 3.89. The Kier molecular flexibility index (Phi) is 5.20. The van der Waals surface area contributed by atoms with E-state index in [9.17, 15) is 13.2 Å². The summed E-state index contributed by atoms with van der Waals surface area (Å²) in [4.78, 5) is 12.5. The molecule has 1 saturated carbocycles. The normalized spacial score (nSPS) is 20.4. The maximum atomic E-state index is 13.0. The quantitative estimate of drug-likeness (QED) is 0.826. The molecule has 1 N–H and O–H groups in total. The van der Waals surface area contributed by atoms with Crippen LogP contribution in [0.25, 0.3) is 0 Å². The van der Waals surface area contributed by atoms with Gasteiger partial charge in [0.1, 0.15) is 11.4 Å². The number of aromatic nitrogens is 2. The van der Waals surface area contributed by atoms with Crippen LogP contribution in [0.15, 0.2) is 4.90 Å². The third-order valence-electron chi connectivity index (χ3n) is 5.24. The molecule has 1 unspecified atom stereocenters. The number of nitrogens with zero attached hydrogens (tertiary/aromatic N) is 3. The number of hydrogen-bond acceptors (Lipinski definition) is 4. The van der Waals surface area contributed by atoms with E-state index in [0.717, 1.165) is 19.3 Å². The van der Waals surface area contributed by atoms with Crippen molar-refractivity contribution >= 4 is 15.9 Å². The van der Waals surface area contributed by atoms with Crippen LogP contribution in [0.4, 0.5) is 0 Å². The van der Waals surface area contributed by atoms with Gasteiger partial charge in [0, 0.05) is 19.1 Å². The first kappa shape index (κ1) is 18.4. The summed E-state index contributed by atoms with van der Waals surface area (Å²) < 4.78 is 29.0. The minimum atomic E-state index is -3.55. The van der Waals surface area contributed by atoms with Crippen molar-refractivity contribution in [2.75, 3.05) is 13.1 Å². The molecule has 3 rings (SSSR count). The van der Waals surface area contributed by atoms with Crippen molar-refractivity contribution in [3.05, 3.63) is 11.4 Å². The number of carbonyl (C=O) groups excluding carboxylic acids is 1. The number of amides is 1. The fraction of sp³-hybridized carbons (Fsp3) is 0.765. The van der Waals surface area contributed by atoms with Crippen molar-refractivity contribution in [3.63, 3.8) is 0 Å². The van der Waals surface area contributed by atoms with Crippen LogP contribution >= 0.6 is 0 Å². The van der Waals surface area contributed by atoms with Crippen LogP contribution in [0.2, 0.25) is 0 Å². The summed E-state index contributed by atoms with van der Waals surface area (Å²) in [5.74, 6) is 0.464. The van der Waals surface area contributed by atoms with Crippen LogP contribution < -0.4 is 5.32 Å². The first-order valence-corrected chi connectivity index (χ1v) is 10.6. The van der Waals surface area contributed by atoms with Gasteiger partial charge in [0.2, 0.25) is 15.9 Å². The van der Waals surface area contributed by atoms with Gasteiger partial charge in [0.15, 0.2) is 0 Å². The van der Waals surface area contributed by atoms with Gasteiger partial charge in [0.25, 0.3) is 0 Å². The molecule has 7 nitrogen and oxygen atoms in total. The molecule has 0 aromatic carbocycles. The van der Waals surface area contributed by atoms with Gasteiger partial charge >= 0.3 is 0 Å². The highest BCUT2D eigenvalue weighted by atomic mass is 32.2. The summed E-state index contributed by atoms with van der Waals surface area (Å²) in [6, 6.07) is 0.168. The lowest BCUT2D eigenvalue weighted by atomic mass is 10.2. The van der Waals surface area contributed by atoms with Crippen LogP contribution in [0, 0.1) is 19.8 Å². The van der Waals surface area contributed by atoms with Gasteiger partial charge in [-0.2, -0.15) is 9.40 Å². The van der Waals surface area contributed by atoms with Crippen LogP contribution in [0.5, 0.6) is 0 Å². The Morgan fingerprint density at radius 3 is 2.48 bits per heavy atom. The first-order chi connectivity index (χ1) is 11.8. The fourth-order valence-corrected chi connectivity index (χ4v) is 5.48. The fourth-order valence-electron chi connectivity index (χ4n) is 3.59. The van der Waals surface area contributed by atoms with E-state index < -0.39 is 10.0 Å². The van der Waals surface area contributed by atoms with Crippen molar-refractivity contribution in [2.24, 2.45) is 5.92 Å². The zero-order valence-electron chi connectivity index (χ0n) is 15.3. The predicted molar refractivity (Wildman–Crippen MR) is 94.6 cm³/mol. The van der Waals surface area contributed by atoms with Crippen LogP contribution in [0.1, 0.15) is 50.4 Å². The minimum Gasteiger partial charge on any atom is -0.352 e. The van der Waals surface area contributed by atoms with E-state index in [1.165, 1.54) is 17.5 Å². The predicted octanol–water partition coefficient (Wildman–Crippen LogP) is 1.59. The molecule has 1 atom stereocenters. The molecule has 2 heterocycles. The highest BCUT2D eigenvalue weighted by molar-refractivity contribution is 7.89. The van der Waals surface area contributed by atoms with Crippen molar-refractivity contribution in [1.82, 2.24) is 19.4 Å². The second-order valence-electron chi connectivity index (χ2n) is 7.32. The number of sulfonamides is 1. The molecule has 1 aliphatic carbocycles. The summed E-state index contributed by atoms with van der Waals surface area (Å²) >= 11 is 0. The Labute approximate surface area is 149 Å². The number of rotatable bonds is 6. The Morgan fingerprint density at radius 2 is 1.88 bits per heavy atom. The second-order valence-corrected chi connectivity index (χ2v) is 9.19. The van der Waals surface area contributed by atoms with E-state index in [1.807, 2.05) is 6.92 Å². The maximum absolute atomic E-state index is 13.0. The highest BCUT2D eigenvalue weighted by Gasteiger charge is 2.32. The SMILES string of the molecule is Cc1nn(CC(=O)NC(C)C2CC2)c(C)c1S(=O)(=O)N1CCCCC1. The molecule has 2 aliphatic rings. The number of hydrogen-bond donors (Lipinski definition) is 1. The molecule has 8 heteroatoms. The van der Waals surface area contributed by atoms with Gasteiger partial charge in [0.05, 0.1) is 11.4 Å². The van der Waals surface area contributed by atoms with E-state index in [2.05, 4.69) is 10.4 Å². The van der Waals surface area contributed by atoms with E-state index in [-0.39, 0.29) is 23.4 Å². The van der Waals surface area contributed by atoms with Gasteiger partial charge in [-0.1, -0.05) is 6.42 Å². The minimum absolute atomic E-state index is 0.0548. The third-order valence-corrected chi connectivity index (χ3v) is 7.39. The molecule has 25 heavy (non-hydrogen) atoms. The zero-order chi connectivity index (χ0) is 18.2. The summed E-state index contributed by atoms with van der Waals surface area (Å²) in [7, 11) is -3.55. The smallest absolute Gasteiger partial charge is 0.246 e. The topological polar surface area (TPSA) is 84.3 Å². The molecule has 0 bridgehead atoms. The van der Waals surface area contributed by atoms with Gasteiger partial charge in [-0.25, -0.2) is 8.42 Å². The van der Waals surface area contributed by atoms with Crippen molar-refractivity contribution in [1.29, 1.82) is 0 Å². The largest absolute Gasteiger partial charge is 0.352 e.